The summed E-state index contributed by atoms with van der Waals surface area (Å²) in [5, 5.41) is 0. The van der Waals surface area contributed by atoms with Gasteiger partial charge in [-0.2, -0.15) is 0 Å². The van der Waals surface area contributed by atoms with E-state index in [2.05, 4.69) is 15.8 Å². The first-order chi connectivity index (χ1) is 13.2. The van der Waals surface area contributed by atoms with Gasteiger partial charge < -0.3 is 19.3 Å². The van der Waals surface area contributed by atoms with Gasteiger partial charge in [-0.25, -0.2) is 9.36 Å². The molecule has 0 saturated heterocycles. The predicted octanol–water partition coefficient (Wildman–Crippen LogP) is 4.09. The lowest BCUT2D eigenvalue weighted by atomic mass is 9.82. The van der Waals surface area contributed by atoms with Gasteiger partial charge in [0.15, 0.2) is 0 Å². The number of ether oxygens (including phenoxy) is 2. The standard InChI is InChI=1S/C10H16.C8H14O3.C2H7O4P/c1-2-9-7-4-5-8(6-7)10(9)3-1;1-4-10-6-7(3)8(9)11-5-2;1-2-6-7(3,4)5/h7-10H,1-6H2;3-6H2,1-2H3;2H2,1H3,(H2,3,4,5). The molecule has 3 saturated carbocycles. The molecule has 0 aromatic rings. The number of rotatable bonds is 7. The Hall–Kier alpha value is -0.720. The van der Waals surface area contributed by atoms with Crippen LogP contribution in [0.2, 0.25) is 0 Å². The number of hydrogen-bond donors (Lipinski definition) is 2. The third kappa shape index (κ3) is 8.75. The van der Waals surface area contributed by atoms with Crippen molar-refractivity contribution in [1.29, 1.82) is 0 Å². The molecular formula is C20H37O7P. The van der Waals surface area contributed by atoms with Crippen molar-refractivity contribution in [3.8, 4) is 0 Å². The molecule has 3 rings (SSSR count). The van der Waals surface area contributed by atoms with Crippen molar-refractivity contribution < 1.29 is 33.1 Å². The summed E-state index contributed by atoms with van der Waals surface area (Å²) < 4.78 is 23.2. The van der Waals surface area contributed by atoms with E-state index in [1.165, 1.54) is 30.6 Å². The molecule has 0 heterocycles. The number of phosphoric ester groups is 1. The molecule has 164 valence electrons. The van der Waals surface area contributed by atoms with Crippen LogP contribution in [0, 0.1) is 23.7 Å². The van der Waals surface area contributed by atoms with Crippen LogP contribution in [-0.4, -0.2) is 42.2 Å². The van der Waals surface area contributed by atoms with Crippen molar-refractivity contribution >= 4 is 13.8 Å². The van der Waals surface area contributed by atoms with Crippen molar-refractivity contribution in [2.45, 2.75) is 59.3 Å². The van der Waals surface area contributed by atoms with Crippen molar-refractivity contribution in [1.82, 2.24) is 0 Å². The average molecular weight is 420 g/mol. The van der Waals surface area contributed by atoms with E-state index in [1.807, 2.05) is 6.92 Å². The van der Waals surface area contributed by atoms with Crippen molar-refractivity contribution in [2.24, 2.45) is 23.7 Å². The van der Waals surface area contributed by atoms with Crippen LogP contribution in [-0.2, 0) is 23.4 Å². The molecule has 4 atom stereocenters. The summed E-state index contributed by atoms with van der Waals surface area (Å²) in [5.74, 6) is 4.42. The molecule has 7 nitrogen and oxygen atoms in total. The molecule has 0 radical (unpaired) electrons. The highest BCUT2D eigenvalue weighted by Gasteiger charge is 2.48. The second kappa shape index (κ2) is 12.8. The van der Waals surface area contributed by atoms with Gasteiger partial charge >= 0.3 is 13.8 Å². The molecule has 0 aliphatic heterocycles. The first-order valence-electron chi connectivity index (χ1n) is 10.4. The summed E-state index contributed by atoms with van der Waals surface area (Å²) in [6.45, 7) is 9.91. The van der Waals surface area contributed by atoms with Crippen LogP contribution in [0.5, 0.6) is 0 Å². The average Bonchev–Trinajstić information content (AvgIpc) is 3.34. The van der Waals surface area contributed by atoms with E-state index in [9.17, 15) is 9.36 Å². The lowest BCUT2D eigenvalue weighted by Gasteiger charge is -2.23. The molecule has 3 aliphatic rings. The topological polar surface area (TPSA) is 102 Å². The second-order valence-electron chi connectivity index (χ2n) is 7.46. The number of phosphoric acid groups is 1. The summed E-state index contributed by atoms with van der Waals surface area (Å²) >= 11 is 0. The van der Waals surface area contributed by atoms with E-state index in [1.54, 1.807) is 45.4 Å². The summed E-state index contributed by atoms with van der Waals surface area (Å²) in [5.41, 5.74) is 0.369. The van der Waals surface area contributed by atoms with Crippen LogP contribution in [0.25, 0.3) is 0 Å². The number of fused-ring (bicyclic) bond motifs is 5. The van der Waals surface area contributed by atoms with Gasteiger partial charge in [0, 0.05) is 6.61 Å². The third-order valence-corrected chi connectivity index (χ3v) is 6.29. The quantitative estimate of drug-likeness (QED) is 0.363. The first-order valence-corrected chi connectivity index (χ1v) is 11.9. The van der Waals surface area contributed by atoms with E-state index in [0.717, 1.165) is 0 Å². The Labute approximate surface area is 169 Å². The number of esters is 1. The maximum atomic E-state index is 10.8. The molecule has 8 heteroatoms. The van der Waals surface area contributed by atoms with Gasteiger partial charge in [-0.15, -0.1) is 0 Å². The fourth-order valence-electron chi connectivity index (χ4n) is 4.70. The Bertz CT molecular complexity index is 515. The zero-order valence-electron chi connectivity index (χ0n) is 17.5. The Morgan fingerprint density at radius 1 is 1.00 bits per heavy atom. The highest BCUT2D eigenvalue weighted by Crippen LogP contribution is 2.58. The maximum Gasteiger partial charge on any atom is 0.469 e. The molecule has 0 amide bonds. The fraction of sp³-hybridized carbons (Fsp3) is 0.850. The van der Waals surface area contributed by atoms with E-state index < -0.39 is 7.82 Å². The minimum absolute atomic E-state index is 0.0459. The van der Waals surface area contributed by atoms with Crippen LogP contribution in [0.4, 0.5) is 0 Å². The van der Waals surface area contributed by atoms with Gasteiger partial charge in [0.2, 0.25) is 0 Å². The molecule has 3 aliphatic carbocycles. The highest BCUT2D eigenvalue weighted by atomic mass is 31.2. The molecule has 4 unspecified atom stereocenters. The monoisotopic (exact) mass is 420 g/mol. The van der Waals surface area contributed by atoms with E-state index in [0.29, 0.717) is 18.8 Å². The minimum Gasteiger partial charge on any atom is -0.463 e. The highest BCUT2D eigenvalue weighted by molar-refractivity contribution is 7.46. The first kappa shape index (κ1) is 25.3. The lowest BCUT2D eigenvalue weighted by molar-refractivity contribution is -0.139. The zero-order chi connectivity index (χ0) is 21.2. The molecule has 0 aromatic heterocycles. The van der Waals surface area contributed by atoms with Crippen LogP contribution in [0.1, 0.15) is 59.3 Å². The maximum absolute atomic E-state index is 10.8. The Morgan fingerprint density at radius 3 is 1.96 bits per heavy atom. The van der Waals surface area contributed by atoms with Crippen molar-refractivity contribution in [3.63, 3.8) is 0 Å². The van der Waals surface area contributed by atoms with Crippen LogP contribution in [0.15, 0.2) is 12.2 Å². The van der Waals surface area contributed by atoms with E-state index >= 15 is 0 Å². The predicted molar refractivity (Wildman–Crippen MR) is 108 cm³/mol. The number of hydrogen-bond acceptors (Lipinski definition) is 5. The van der Waals surface area contributed by atoms with E-state index in [4.69, 9.17) is 14.5 Å². The molecule has 0 spiro atoms. The number of carbonyl (C=O) groups is 1. The molecule has 2 N–H and O–H groups in total. The third-order valence-electron chi connectivity index (χ3n) is 5.69. The molecule has 2 bridgehead atoms. The largest absolute Gasteiger partial charge is 0.469 e. The normalized spacial score (nSPS) is 27.2. The summed E-state index contributed by atoms with van der Waals surface area (Å²) in [6, 6.07) is 0. The Morgan fingerprint density at radius 2 is 1.57 bits per heavy atom. The van der Waals surface area contributed by atoms with Crippen molar-refractivity contribution in [2.75, 3.05) is 26.4 Å². The van der Waals surface area contributed by atoms with Gasteiger partial charge in [0.05, 0.1) is 25.4 Å². The van der Waals surface area contributed by atoms with Gasteiger partial charge in [-0.1, -0.05) is 13.0 Å². The fourth-order valence-corrected chi connectivity index (χ4v) is 5.04. The molecule has 28 heavy (non-hydrogen) atoms. The van der Waals surface area contributed by atoms with Gasteiger partial charge in [-0.05, 0) is 76.5 Å². The number of carbonyl (C=O) groups excluding carboxylic acids is 1. The smallest absolute Gasteiger partial charge is 0.463 e. The molecule has 3 fully saturated rings. The van der Waals surface area contributed by atoms with Crippen LogP contribution >= 0.6 is 7.82 Å². The Balaban J connectivity index is 0.000000216. The SMILES string of the molecule is C1CC2C3CCC(C3)C2C1.C=C(COCC)C(=O)OCC.CCOP(=O)(O)O. The van der Waals surface area contributed by atoms with Gasteiger partial charge in [0.1, 0.15) is 0 Å². The van der Waals surface area contributed by atoms with Gasteiger partial charge in [0.25, 0.3) is 0 Å². The van der Waals surface area contributed by atoms with Crippen LogP contribution < -0.4 is 0 Å². The molecule has 0 aromatic carbocycles. The van der Waals surface area contributed by atoms with Gasteiger partial charge in [-0.3, -0.25) is 4.52 Å². The Kier molecular flexibility index (Phi) is 11.5. The zero-order valence-corrected chi connectivity index (χ0v) is 18.4. The lowest BCUT2D eigenvalue weighted by Crippen LogP contribution is -2.15. The second-order valence-corrected chi connectivity index (χ2v) is 8.70. The van der Waals surface area contributed by atoms with Crippen molar-refractivity contribution in [3.05, 3.63) is 12.2 Å². The summed E-state index contributed by atoms with van der Waals surface area (Å²) in [6.07, 6.45) is 9.53. The van der Waals surface area contributed by atoms with Crippen LogP contribution in [0.3, 0.4) is 0 Å². The van der Waals surface area contributed by atoms with E-state index in [-0.39, 0.29) is 19.2 Å². The summed E-state index contributed by atoms with van der Waals surface area (Å²) in [7, 11) is -4.17. The summed E-state index contributed by atoms with van der Waals surface area (Å²) in [4.78, 5) is 26.7. The minimum atomic E-state index is -4.17. The molecular weight excluding hydrogens is 383 g/mol.